The first-order chi connectivity index (χ1) is 18.6. The average molecular weight is 547 g/mol. The van der Waals surface area contributed by atoms with Gasteiger partial charge in [0, 0.05) is 41.8 Å². The molecule has 0 unspecified atom stereocenters. The monoisotopic (exact) mass is 546 g/mol. The van der Waals surface area contributed by atoms with Crippen LogP contribution < -0.4 is 15.8 Å². The van der Waals surface area contributed by atoms with Crippen molar-refractivity contribution >= 4 is 39.8 Å². The molecule has 9 nitrogen and oxygen atoms in total. The Morgan fingerprint density at radius 2 is 1.92 bits per heavy atom. The second-order valence-corrected chi connectivity index (χ2v) is 12.0. The molecule has 1 aliphatic heterocycles. The summed E-state index contributed by atoms with van der Waals surface area (Å²) in [6, 6.07) is 11.7. The molecule has 2 aromatic carbocycles. The highest BCUT2D eigenvalue weighted by Crippen LogP contribution is 2.41. The van der Waals surface area contributed by atoms with Crippen LogP contribution in [0.1, 0.15) is 44.2 Å². The molecule has 5 rings (SSSR count). The topological polar surface area (TPSA) is 115 Å². The number of likely N-dealkylation sites (tertiary alicyclic amines) is 1. The number of nitrogens with one attached hydrogen (secondary N) is 1. The van der Waals surface area contributed by atoms with Crippen molar-refractivity contribution in [1.29, 1.82) is 0 Å². The van der Waals surface area contributed by atoms with Gasteiger partial charge in [0.1, 0.15) is 16.2 Å². The Balaban J connectivity index is 1.38. The molecule has 1 atom stereocenters. The Hall–Kier alpha value is -3.92. The molecule has 0 spiro atoms. The average Bonchev–Trinajstić information content (AvgIpc) is 3.26. The van der Waals surface area contributed by atoms with Crippen LogP contribution in [0.3, 0.4) is 0 Å². The number of hydrogen-bond acceptors (Lipinski definition) is 9. The maximum Gasteiger partial charge on any atom is 0.410 e. The predicted octanol–water partition coefficient (Wildman–Crippen LogP) is 6.56. The number of anilines is 2. The lowest BCUT2D eigenvalue weighted by Crippen LogP contribution is -2.47. The summed E-state index contributed by atoms with van der Waals surface area (Å²) < 4.78 is 12.0. The largest absolute Gasteiger partial charge is 0.444 e. The molecule has 0 radical (unpaired) electrons. The molecule has 3 N–H and O–H groups in total. The van der Waals surface area contributed by atoms with Crippen LogP contribution in [-0.4, -0.2) is 50.7 Å². The predicted molar refractivity (Wildman–Crippen MR) is 156 cm³/mol. The van der Waals surface area contributed by atoms with E-state index in [9.17, 15) is 4.79 Å². The highest BCUT2D eigenvalue weighted by Gasteiger charge is 2.28. The molecule has 3 heterocycles. The molecule has 1 aliphatic rings. The lowest BCUT2D eigenvalue weighted by molar-refractivity contribution is 0.0206. The summed E-state index contributed by atoms with van der Waals surface area (Å²) in [5.74, 6) is 1.71. The summed E-state index contributed by atoms with van der Waals surface area (Å²) in [5, 5.41) is 6.15. The molecular weight excluding hydrogens is 512 g/mol. The van der Waals surface area contributed by atoms with Crippen molar-refractivity contribution in [3.63, 3.8) is 0 Å². The van der Waals surface area contributed by atoms with Crippen LogP contribution in [0, 0.1) is 13.8 Å². The van der Waals surface area contributed by atoms with Gasteiger partial charge in [0.05, 0.1) is 10.7 Å². The molecular formula is C29H34N6O3S. The molecule has 0 bridgehead atoms. The van der Waals surface area contributed by atoms with Crippen LogP contribution in [0.2, 0.25) is 0 Å². The molecule has 2 aromatic heterocycles. The first-order valence-electron chi connectivity index (χ1n) is 13.1. The number of nitrogen functional groups attached to an aromatic ring is 1. The summed E-state index contributed by atoms with van der Waals surface area (Å²) in [6.45, 7) is 10.8. The minimum absolute atomic E-state index is 0.0178. The van der Waals surface area contributed by atoms with E-state index in [0.717, 1.165) is 44.8 Å². The van der Waals surface area contributed by atoms with Gasteiger partial charge in [-0.2, -0.15) is 0 Å². The molecule has 0 saturated carbocycles. The second-order valence-electron chi connectivity index (χ2n) is 10.8. The quantitative estimate of drug-likeness (QED) is 0.271. The first kappa shape index (κ1) is 26.7. The number of amides is 1. The highest BCUT2D eigenvalue weighted by molar-refractivity contribution is 7.15. The minimum atomic E-state index is -0.529. The van der Waals surface area contributed by atoms with Gasteiger partial charge < -0.3 is 25.4 Å². The number of rotatable bonds is 5. The smallest absolute Gasteiger partial charge is 0.410 e. The maximum absolute atomic E-state index is 12.6. The zero-order chi connectivity index (χ0) is 27.7. The Kier molecular flexibility index (Phi) is 7.31. The van der Waals surface area contributed by atoms with Gasteiger partial charge in [-0.15, -0.1) is 11.3 Å². The van der Waals surface area contributed by atoms with Crippen LogP contribution in [-0.2, 0) is 4.74 Å². The number of fused-ring (bicyclic) bond motifs is 1. The van der Waals surface area contributed by atoms with E-state index in [1.54, 1.807) is 11.1 Å². The van der Waals surface area contributed by atoms with Gasteiger partial charge in [0.25, 0.3) is 0 Å². The lowest BCUT2D eigenvalue weighted by atomic mass is 10.0. The van der Waals surface area contributed by atoms with E-state index in [-0.39, 0.29) is 12.1 Å². The molecule has 1 saturated heterocycles. The Morgan fingerprint density at radius 3 is 2.69 bits per heavy atom. The summed E-state index contributed by atoms with van der Waals surface area (Å²) >= 11 is 1.52. The van der Waals surface area contributed by atoms with E-state index < -0.39 is 5.60 Å². The number of nitrogens with zero attached hydrogens (tertiary/aromatic N) is 4. The Morgan fingerprint density at radius 1 is 1.15 bits per heavy atom. The minimum Gasteiger partial charge on any atom is -0.444 e. The summed E-state index contributed by atoms with van der Waals surface area (Å²) in [7, 11) is 0. The summed E-state index contributed by atoms with van der Waals surface area (Å²) in [4.78, 5) is 29.1. The van der Waals surface area contributed by atoms with Crippen LogP contribution >= 0.6 is 11.3 Å². The van der Waals surface area contributed by atoms with Gasteiger partial charge in [-0.3, -0.25) is 0 Å². The van der Waals surface area contributed by atoms with Crippen LogP contribution in [0.15, 0.2) is 42.6 Å². The van der Waals surface area contributed by atoms with E-state index in [2.05, 4.69) is 15.3 Å². The van der Waals surface area contributed by atoms with Gasteiger partial charge in [-0.1, -0.05) is 24.3 Å². The van der Waals surface area contributed by atoms with Crippen molar-refractivity contribution in [2.24, 2.45) is 0 Å². The van der Waals surface area contributed by atoms with Gasteiger partial charge in [-0.05, 0) is 65.2 Å². The van der Waals surface area contributed by atoms with E-state index in [1.807, 2.05) is 71.0 Å². The molecule has 39 heavy (non-hydrogen) atoms. The first-order valence-corrected chi connectivity index (χ1v) is 13.9. The van der Waals surface area contributed by atoms with Crippen LogP contribution in [0.25, 0.3) is 21.3 Å². The standard InChI is InChI=1S/C29H34N6O3S/c1-17-15-22(30)20-10-6-7-11-21(20)24(17)37-26-25(39-18(2)32-26)23-12-13-31-27(34-23)33-19-9-8-14-35(16-19)28(36)38-29(3,4)5/h6-7,10-13,15,19H,8-9,14,16,30H2,1-5H3,(H,31,33,34)/t19-/m0/s1. The van der Waals surface area contributed by atoms with Gasteiger partial charge >= 0.3 is 6.09 Å². The third-order valence-corrected chi connectivity index (χ3v) is 7.38. The number of hydrogen-bond donors (Lipinski definition) is 2. The van der Waals surface area contributed by atoms with E-state index in [1.165, 1.54) is 11.3 Å². The van der Waals surface area contributed by atoms with Crippen molar-refractivity contribution in [1.82, 2.24) is 19.9 Å². The van der Waals surface area contributed by atoms with Crippen LogP contribution in [0.4, 0.5) is 16.4 Å². The molecule has 204 valence electrons. The normalized spacial score (nSPS) is 15.8. The van der Waals surface area contributed by atoms with Crippen molar-refractivity contribution < 1.29 is 14.3 Å². The second kappa shape index (κ2) is 10.7. The number of carbonyl (C=O) groups is 1. The Bertz CT molecular complexity index is 1510. The zero-order valence-corrected chi connectivity index (χ0v) is 23.8. The molecule has 10 heteroatoms. The fourth-order valence-corrected chi connectivity index (χ4v) is 5.53. The van der Waals surface area contributed by atoms with Gasteiger partial charge in [-0.25, -0.2) is 19.7 Å². The number of piperidine rings is 1. The number of aryl methyl sites for hydroxylation is 2. The van der Waals surface area contributed by atoms with Gasteiger partial charge in [0.2, 0.25) is 11.8 Å². The SMILES string of the molecule is Cc1nc(Oc2c(C)cc(N)c3ccccc23)c(-c2ccnc(N[C@H]3CCCN(C(=O)OC(C)(C)C)C3)n2)s1. The van der Waals surface area contributed by atoms with E-state index in [0.29, 0.717) is 36.3 Å². The third kappa shape index (κ3) is 6.06. The number of ether oxygens (including phenoxy) is 2. The number of benzene rings is 2. The van der Waals surface area contributed by atoms with Crippen LogP contribution in [0.5, 0.6) is 11.6 Å². The highest BCUT2D eigenvalue weighted by atomic mass is 32.1. The fourth-order valence-electron chi connectivity index (χ4n) is 4.72. The number of carbonyl (C=O) groups excluding carboxylic acids is 1. The molecule has 1 amide bonds. The maximum atomic E-state index is 12.6. The number of aromatic nitrogens is 3. The molecule has 1 fully saturated rings. The van der Waals surface area contributed by atoms with Crippen molar-refractivity contribution in [2.75, 3.05) is 24.1 Å². The Labute approximate surface area is 232 Å². The lowest BCUT2D eigenvalue weighted by Gasteiger charge is -2.34. The summed E-state index contributed by atoms with van der Waals surface area (Å²) in [5.41, 5.74) is 8.10. The van der Waals surface area contributed by atoms with Crippen molar-refractivity contribution in [2.45, 2.75) is 59.1 Å². The fraction of sp³-hybridized carbons (Fsp3) is 0.379. The third-order valence-electron chi connectivity index (χ3n) is 6.41. The van der Waals surface area contributed by atoms with Crippen molar-refractivity contribution in [3.8, 4) is 22.2 Å². The number of thiazole rings is 1. The number of nitrogens with two attached hydrogens (primary N) is 1. The van der Waals surface area contributed by atoms with E-state index >= 15 is 0 Å². The zero-order valence-electron chi connectivity index (χ0n) is 22.9. The van der Waals surface area contributed by atoms with Gasteiger partial charge in [0.15, 0.2) is 0 Å². The molecule has 0 aliphatic carbocycles. The summed E-state index contributed by atoms with van der Waals surface area (Å²) in [6.07, 6.45) is 3.21. The van der Waals surface area contributed by atoms with Crippen molar-refractivity contribution in [3.05, 3.63) is 53.2 Å². The molecule has 4 aromatic rings. The van der Waals surface area contributed by atoms with E-state index in [4.69, 9.17) is 20.2 Å².